The molecule has 0 aliphatic heterocycles. The van der Waals surface area contributed by atoms with Gasteiger partial charge >= 0.3 is 0 Å². The summed E-state index contributed by atoms with van der Waals surface area (Å²) in [4.78, 5) is 10.5. The molecule has 0 aromatic heterocycles. The molecule has 18 heavy (non-hydrogen) atoms. The highest BCUT2D eigenvalue weighted by Crippen LogP contribution is 2.14. The van der Waals surface area contributed by atoms with Crippen molar-refractivity contribution < 1.29 is 9.53 Å². The Morgan fingerprint density at radius 3 is 2.28 bits per heavy atom. The van der Waals surface area contributed by atoms with Crippen LogP contribution in [0.25, 0.3) is 0 Å². The molecule has 0 heterocycles. The fourth-order valence-electron chi connectivity index (χ4n) is 1.95. The minimum atomic E-state index is -0.187. The van der Waals surface area contributed by atoms with Crippen LogP contribution < -0.4 is 10.5 Å². The maximum absolute atomic E-state index is 10.5. The molecule has 1 aromatic carbocycles. The van der Waals surface area contributed by atoms with Crippen LogP contribution in [0.15, 0.2) is 24.3 Å². The summed E-state index contributed by atoms with van der Waals surface area (Å²) in [7, 11) is 1.68. The lowest BCUT2D eigenvalue weighted by molar-refractivity contribution is -0.118. The van der Waals surface area contributed by atoms with Crippen LogP contribution in [0, 0.1) is 0 Å². The number of aryl methyl sites for hydroxylation is 1. The van der Waals surface area contributed by atoms with Crippen molar-refractivity contribution in [2.24, 2.45) is 5.73 Å². The van der Waals surface area contributed by atoms with Gasteiger partial charge in [-0.2, -0.15) is 0 Å². The van der Waals surface area contributed by atoms with E-state index in [4.69, 9.17) is 10.5 Å². The van der Waals surface area contributed by atoms with Crippen molar-refractivity contribution >= 4 is 5.91 Å². The lowest BCUT2D eigenvalue weighted by Gasteiger charge is -2.03. The van der Waals surface area contributed by atoms with E-state index in [9.17, 15) is 4.79 Å². The second kappa shape index (κ2) is 8.56. The highest BCUT2D eigenvalue weighted by atomic mass is 16.5. The van der Waals surface area contributed by atoms with Gasteiger partial charge in [-0.1, -0.05) is 31.4 Å². The van der Waals surface area contributed by atoms with Crippen LogP contribution in [0.2, 0.25) is 0 Å². The van der Waals surface area contributed by atoms with Gasteiger partial charge in [0.15, 0.2) is 0 Å². The molecule has 0 unspecified atom stereocenters. The second-order valence-corrected chi connectivity index (χ2v) is 4.58. The van der Waals surface area contributed by atoms with Gasteiger partial charge < -0.3 is 10.5 Å². The Balaban J connectivity index is 2.05. The summed E-state index contributed by atoms with van der Waals surface area (Å²) in [5.74, 6) is 0.721. The van der Waals surface area contributed by atoms with E-state index < -0.39 is 0 Å². The Morgan fingerprint density at radius 1 is 1.06 bits per heavy atom. The van der Waals surface area contributed by atoms with Crippen LogP contribution in [-0.2, 0) is 11.2 Å². The van der Waals surface area contributed by atoms with Crippen molar-refractivity contribution in [3.8, 4) is 5.75 Å². The Kier molecular flexibility index (Phi) is 6.92. The zero-order valence-electron chi connectivity index (χ0n) is 11.2. The van der Waals surface area contributed by atoms with Gasteiger partial charge in [0.25, 0.3) is 0 Å². The lowest BCUT2D eigenvalue weighted by Crippen LogP contribution is -2.09. The van der Waals surface area contributed by atoms with Crippen LogP contribution in [-0.4, -0.2) is 13.0 Å². The van der Waals surface area contributed by atoms with Crippen molar-refractivity contribution in [1.82, 2.24) is 0 Å². The molecule has 0 radical (unpaired) electrons. The minimum absolute atomic E-state index is 0.187. The Bertz CT molecular complexity index is 346. The molecule has 3 heteroatoms. The van der Waals surface area contributed by atoms with Crippen molar-refractivity contribution in [2.75, 3.05) is 7.11 Å². The van der Waals surface area contributed by atoms with E-state index in [1.165, 1.54) is 24.8 Å². The Morgan fingerprint density at radius 2 is 1.67 bits per heavy atom. The molecule has 0 fully saturated rings. The molecule has 0 atom stereocenters. The molecule has 0 aliphatic carbocycles. The van der Waals surface area contributed by atoms with E-state index in [2.05, 4.69) is 12.1 Å². The SMILES string of the molecule is COc1ccc(CCCCCCCC(N)=O)cc1. The van der Waals surface area contributed by atoms with Crippen molar-refractivity contribution in [3.05, 3.63) is 29.8 Å². The molecule has 2 N–H and O–H groups in total. The maximum atomic E-state index is 10.5. The number of amides is 1. The Labute approximate surface area is 109 Å². The van der Waals surface area contributed by atoms with Crippen molar-refractivity contribution in [2.45, 2.75) is 44.9 Å². The van der Waals surface area contributed by atoms with E-state index in [1.807, 2.05) is 12.1 Å². The first-order valence-corrected chi connectivity index (χ1v) is 6.63. The average Bonchev–Trinajstić information content (AvgIpc) is 2.38. The number of hydrogen-bond donors (Lipinski definition) is 1. The number of ether oxygens (including phenoxy) is 1. The van der Waals surface area contributed by atoms with Crippen molar-refractivity contribution in [1.29, 1.82) is 0 Å². The first kappa shape index (κ1) is 14.6. The molecule has 1 rings (SSSR count). The number of methoxy groups -OCH3 is 1. The molecule has 1 amide bonds. The van der Waals surface area contributed by atoms with E-state index in [0.717, 1.165) is 25.0 Å². The summed E-state index contributed by atoms with van der Waals surface area (Å²) in [6.07, 6.45) is 7.26. The van der Waals surface area contributed by atoms with Crippen LogP contribution >= 0.6 is 0 Å². The predicted octanol–water partition coefficient (Wildman–Crippen LogP) is 3.06. The number of carbonyl (C=O) groups excluding carboxylic acids is 1. The number of primary amides is 1. The summed E-state index contributed by atoms with van der Waals surface area (Å²) < 4.78 is 5.12. The third kappa shape index (κ3) is 6.28. The topological polar surface area (TPSA) is 52.3 Å². The van der Waals surface area contributed by atoms with E-state index >= 15 is 0 Å². The van der Waals surface area contributed by atoms with Gasteiger partial charge in [0, 0.05) is 6.42 Å². The highest BCUT2D eigenvalue weighted by molar-refractivity contribution is 5.73. The summed E-state index contributed by atoms with van der Waals surface area (Å²) >= 11 is 0. The molecule has 1 aromatic rings. The van der Waals surface area contributed by atoms with E-state index in [1.54, 1.807) is 7.11 Å². The van der Waals surface area contributed by atoms with Gasteiger partial charge in [-0.25, -0.2) is 0 Å². The van der Waals surface area contributed by atoms with Crippen LogP contribution in [0.1, 0.15) is 44.1 Å². The normalized spacial score (nSPS) is 10.3. The molecule has 0 bridgehead atoms. The first-order valence-electron chi connectivity index (χ1n) is 6.63. The largest absolute Gasteiger partial charge is 0.497 e. The van der Waals surface area contributed by atoms with Gasteiger partial charge in [-0.15, -0.1) is 0 Å². The van der Waals surface area contributed by atoms with E-state index in [0.29, 0.717) is 6.42 Å². The number of benzene rings is 1. The summed E-state index contributed by atoms with van der Waals surface area (Å²) in [6.45, 7) is 0. The average molecular weight is 249 g/mol. The fraction of sp³-hybridized carbons (Fsp3) is 0.533. The van der Waals surface area contributed by atoms with Crippen LogP contribution in [0.5, 0.6) is 5.75 Å². The highest BCUT2D eigenvalue weighted by Gasteiger charge is 1.97. The fourth-order valence-corrected chi connectivity index (χ4v) is 1.95. The number of nitrogens with two attached hydrogens (primary N) is 1. The molecular weight excluding hydrogens is 226 g/mol. The van der Waals surface area contributed by atoms with Gasteiger partial charge in [0.05, 0.1) is 7.11 Å². The zero-order valence-corrected chi connectivity index (χ0v) is 11.2. The summed E-state index contributed by atoms with van der Waals surface area (Å²) in [6, 6.07) is 8.24. The van der Waals surface area contributed by atoms with Gasteiger partial charge in [-0.3, -0.25) is 4.79 Å². The monoisotopic (exact) mass is 249 g/mol. The third-order valence-electron chi connectivity index (χ3n) is 3.05. The molecule has 100 valence electrons. The van der Waals surface area contributed by atoms with Gasteiger partial charge in [-0.05, 0) is 37.0 Å². The first-order chi connectivity index (χ1) is 8.72. The molecule has 0 saturated heterocycles. The van der Waals surface area contributed by atoms with Crippen molar-refractivity contribution in [3.63, 3.8) is 0 Å². The summed E-state index contributed by atoms with van der Waals surface area (Å²) in [5, 5.41) is 0. The van der Waals surface area contributed by atoms with Gasteiger partial charge in [0.1, 0.15) is 5.75 Å². The standard InChI is InChI=1S/C15H23NO2/c1-18-14-11-9-13(10-12-14)7-5-3-2-4-6-8-15(16)17/h9-12H,2-8H2,1H3,(H2,16,17). The molecule has 0 spiro atoms. The maximum Gasteiger partial charge on any atom is 0.217 e. The number of carbonyl (C=O) groups is 1. The van der Waals surface area contributed by atoms with Crippen LogP contribution in [0.3, 0.4) is 0 Å². The second-order valence-electron chi connectivity index (χ2n) is 4.58. The van der Waals surface area contributed by atoms with Gasteiger partial charge in [0.2, 0.25) is 5.91 Å². The number of unbranched alkanes of at least 4 members (excludes halogenated alkanes) is 4. The lowest BCUT2D eigenvalue weighted by atomic mass is 10.0. The smallest absolute Gasteiger partial charge is 0.217 e. The molecule has 0 saturated carbocycles. The Hall–Kier alpha value is -1.51. The van der Waals surface area contributed by atoms with Crippen LogP contribution in [0.4, 0.5) is 0 Å². The zero-order chi connectivity index (χ0) is 13.2. The molecule has 3 nitrogen and oxygen atoms in total. The molecule has 0 aliphatic rings. The van der Waals surface area contributed by atoms with E-state index in [-0.39, 0.29) is 5.91 Å². The third-order valence-corrected chi connectivity index (χ3v) is 3.05. The minimum Gasteiger partial charge on any atom is -0.497 e. The number of rotatable bonds is 9. The number of hydrogen-bond acceptors (Lipinski definition) is 2. The quantitative estimate of drug-likeness (QED) is 0.684. The predicted molar refractivity (Wildman–Crippen MR) is 73.6 cm³/mol. The summed E-state index contributed by atoms with van der Waals surface area (Å²) in [5.41, 5.74) is 6.44. The molecular formula is C15H23NO2.